The van der Waals surface area contributed by atoms with Crippen molar-refractivity contribution in [1.82, 2.24) is 0 Å². The van der Waals surface area contributed by atoms with E-state index in [-0.39, 0.29) is 0 Å². The molecule has 0 rings (SSSR count). The van der Waals surface area contributed by atoms with Gasteiger partial charge in [0.1, 0.15) is 0 Å². The molecule has 0 aromatic rings. The van der Waals surface area contributed by atoms with Crippen molar-refractivity contribution in [2.45, 2.75) is 46.1 Å². The van der Waals surface area contributed by atoms with Crippen LogP contribution in [0.25, 0.3) is 0 Å². The largest absolute Gasteiger partial charge is 0.445 e. The van der Waals surface area contributed by atoms with Gasteiger partial charge >= 0.3 is 7.87 Å². The van der Waals surface area contributed by atoms with Crippen molar-refractivity contribution in [2.75, 3.05) is 13.2 Å². The molecule has 80 valence electrons. The Balaban J connectivity index is 4.00. The van der Waals surface area contributed by atoms with Gasteiger partial charge in [0.15, 0.2) is 0 Å². The van der Waals surface area contributed by atoms with Gasteiger partial charge in [0, 0.05) is 18.8 Å². The Bertz CT molecular complexity index is 123. The second-order valence-corrected chi connectivity index (χ2v) is 7.91. The van der Waals surface area contributed by atoms with Gasteiger partial charge in [-0.2, -0.15) is 0 Å². The van der Waals surface area contributed by atoms with Crippen LogP contribution in [0.2, 0.25) is 5.54 Å². The molecule has 4 heteroatoms. The van der Waals surface area contributed by atoms with E-state index in [1.54, 1.807) is 0 Å². The summed E-state index contributed by atoms with van der Waals surface area (Å²) in [5.41, 5.74) is 0.298. The molecular formula is C9H21ClO2Si. The van der Waals surface area contributed by atoms with Crippen LogP contribution in [-0.2, 0) is 8.85 Å². The molecule has 0 unspecified atom stereocenters. The zero-order valence-electron chi connectivity index (χ0n) is 9.10. The van der Waals surface area contributed by atoms with Crippen molar-refractivity contribution in [3.8, 4) is 0 Å². The van der Waals surface area contributed by atoms with Gasteiger partial charge in [0.2, 0.25) is 0 Å². The molecular weight excluding hydrogens is 204 g/mol. The van der Waals surface area contributed by atoms with E-state index in [0.29, 0.717) is 18.8 Å². The third-order valence-corrected chi connectivity index (χ3v) is 6.23. The molecule has 0 aliphatic heterocycles. The number of hydrogen-bond donors (Lipinski definition) is 0. The van der Waals surface area contributed by atoms with Crippen LogP contribution in [0.4, 0.5) is 0 Å². The fourth-order valence-electron chi connectivity index (χ4n) is 0.857. The summed E-state index contributed by atoms with van der Waals surface area (Å²) >= 11 is 6.33. The van der Waals surface area contributed by atoms with Crippen molar-refractivity contribution in [3.63, 3.8) is 0 Å². The van der Waals surface area contributed by atoms with Crippen LogP contribution in [0.1, 0.15) is 40.5 Å². The molecule has 0 aromatic carbocycles. The fraction of sp³-hybridized carbons (Fsp3) is 1.00. The van der Waals surface area contributed by atoms with Crippen LogP contribution in [0, 0.1) is 0 Å². The number of rotatable bonds is 7. The third-order valence-electron chi connectivity index (χ3n) is 1.70. The summed E-state index contributed by atoms with van der Waals surface area (Å²) in [6.07, 6.45) is 1.98. The maximum Gasteiger partial charge on any atom is 0.445 e. The highest BCUT2D eigenvalue weighted by molar-refractivity contribution is 7.13. The average Bonchev–Trinajstić information content (AvgIpc) is 2.11. The molecule has 0 N–H and O–H groups in total. The number of hydrogen-bond acceptors (Lipinski definition) is 2. The lowest BCUT2D eigenvalue weighted by molar-refractivity contribution is 0.180. The molecule has 2 nitrogen and oxygen atoms in total. The van der Waals surface area contributed by atoms with Gasteiger partial charge in [-0.3, -0.25) is 0 Å². The van der Waals surface area contributed by atoms with E-state index in [0.717, 1.165) is 12.8 Å². The fourth-order valence-corrected chi connectivity index (χ4v) is 3.04. The second-order valence-electron chi connectivity index (χ2n) is 3.43. The summed E-state index contributed by atoms with van der Waals surface area (Å²) in [6.45, 7) is 9.68. The highest BCUT2D eigenvalue weighted by Crippen LogP contribution is 2.27. The predicted octanol–water partition coefficient (Wildman–Crippen LogP) is 3.43. The molecule has 0 radical (unpaired) electrons. The van der Waals surface area contributed by atoms with E-state index in [9.17, 15) is 0 Å². The van der Waals surface area contributed by atoms with Gasteiger partial charge in [0.25, 0.3) is 0 Å². The van der Waals surface area contributed by atoms with E-state index in [2.05, 4.69) is 27.7 Å². The van der Waals surface area contributed by atoms with Crippen molar-refractivity contribution in [1.29, 1.82) is 0 Å². The van der Waals surface area contributed by atoms with Gasteiger partial charge in [-0.05, 0) is 12.8 Å². The molecule has 0 aliphatic carbocycles. The second kappa shape index (κ2) is 6.82. The highest BCUT2D eigenvalue weighted by Gasteiger charge is 2.39. The summed E-state index contributed by atoms with van der Waals surface area (Å²) in [4.78, 5) is 0. The molecule has 0 heterocycles. The van der Waals surface area contributed by atoms with E-state index in [4.69, 9.17) is 19.9 Å². The van der Waals surface area contributed by atoms with Crippen LogP contribution in [0.15, 0.2) is 0 Å². The van der Waals surface area contributed by atoms with Gasteiger partial charge in [-0.25, -0.2) is 0 Å². The normalized spacial score (nSPS) is 12.5. The lowest BCUT2D eigenvalue weighted by atomic mass is 10.5. The molecule has 0 saturated carbocycles. The van der Waals surface area contributed by atoms with Crippen LogP contribution < -0.4 is 0 Å². The molecule has 0 saturated heterocycles. The van der Waals surface area contributed by atoms with Crippen molar-refractivity contribution in [3.05, 3.63) is 0 Å². The Morgan fingerprint density at radius 1 is 1.08 bits per heavy atom. The van der Waals surface area contributed by atoms with Crippen LogP contribution in [0.5, 0.6) is 0 Å². The van der Waals surface area contributed by atoms with Crippen molar-refractivity contribution >= 4 is 18.9 Å². The Morgan fingerprint density at radius 2 is 1.46 bits per heavy atom. The predicted molar refractivity (Wildman–Crippen MR) is 59.2 cm³/mol. The smallest absolute Gasteiger partial charge is 0.383 e. The summed E-state index contributed by atoms with van der Waals surface area (Å²) in [5.74, 6) is 0. The standard InChI is InChI=1S/C9H21ClO2Si/c1-5-7-11-13(10,9(3)4)12-8-6-2/h9H,5-8H2,1-4H3. The minimum Gasteiger partial charge on any atom is -0.383 e. The first-order valence-electron chi connectivity index (χ1n) is 5.03. The first kappa shape index (κ1) is 13.4. The molecule has 0 fully saturated rings. The summed E-state index contributed by atoms with van der Waals surface area (Å²) < 4.78 is 11.2. The molecule has 13 heavy (non-hydrogen) atoms. The Kier molecular flexibility index (Phi) is 7.04. The molecule has 0 spiro atoms. The monoisotopic (exact) mass is 224 g/mol. The van der Waals surface area contributed by atoms with Crippen LogP contribution >= 0.6 is 11.1 Å². The lowest BCUT2D eigenvalue weighted by Gasteiger charge is -2.27. The zero-order chi connectivity index (χ0) is 10.3. The quantitative estimate of drug-likeness (QED) is 0.487. The SMILES string of the molecule is CCCO[Si](Cl)(OCCC)C(C)C. The van der Waals surface area contributed by atoms with Crippen LogP contribution in [0.3, 0.4) is 0 Å². The topological polar surface area (TPSA) is 18.5 Å². The third kappa shape index (κ3) is 5.01. The van der Waals surface area contributed by atoms with E-state index >= 15 is 0 Å². The summed E-state index contributed by atoms with van der Waals surface area (Å²) in [6, 6.07) is 0. The van der Waals surface area contributed by atoms with Gasteiger partial charge in [-0.15, -0.1) is 0 Å². The summed E-state index contributed by atoms with van der Waals surface area (Å²) in [5, 5.41) is 0. The molecule has 0 bridgehead atoms. The molecule has 0 atom stereocenters. The van der Waals surface area contributed by atoms with E-state index in [1.807, 2.05) is 0 Å². The van der Waals surface area contributed by atoms with Crippen molar-refractivity contribution < 1.29 is 8.85 Å². The maximum atomic E-state index is 6.33. The Hall–Kier alpha value is 0.427. The zero-order valence-corrected chi connectivity index (χ0v) is 10.9. The average molecular weight is 225 g/mol. The minimum absolute atomic E-state index is 0.298. The van der Waals surface area contributed by atoms with Gasteiger partial charge in [0.05, 0.1) is 0 Å². The lowest BCUT2D eigenvalue weighted by Crippen LogP contribution is -2.40. The highest BCUT2D eigenvalue weighted by atomic mass is 35.6. The minimum atomic E-state index is -2.40. The molecule has 0 amide bonds. The maximum absolute atomic E-state index is 6.33. The van der Waals surface area contributed by atoms with E-state index in [1.165, 1.54) is 0 Å². The first-order chi connectivity index (χ1) is 6.06. The van der Waals surface area contributed by atoms with Crippen molar-refractivity contribution in [2.24, 2.45) is 0 Å². The van der Waals surface area contributed by atoms with Gasteiger partial charge < -0.3 is 8.85 Å². The van der Waals surface area contributed by atoms with Gasteiger partial charge in [-0.1, -0.05) is 38.8 Å². The van der Waals surface area contributed by atoms with E-state index < -0.39 is 7.87 Å². The van der Waals surface area contributed by atoms with Crippen LogP contribution in [-0.4, -0.2) is 21.1 Å². The Morgan fingerprint density at radius 3 is 1.69 bits per heavy atom. The molecule has 0 aromatic heterocycles. The Labute approximate surface area is 87.5 Å². The molecule has 0 aliphatic rings. The first-order valence-corrected chi connectivity index (χ1v) is 7.94. The summed E-state index contributed by atoms with van der Waals surface area (Å²) in [7, 11) is -2.40. The number of halogens is 1.